The van der Waals surface area contributed by atoms with Crippen molar-refractivity contribution in [1.82, 2.24) is 0 Å². The van der Waals surface area contributed by atoms with Crippen LogP contribution in [0.2, 0.25) is 5.02 Å². The minimum Gasteiger partial charge on any atom is -0.496 e. The molecule has 0 aliphatic rings. The van der Waals surface area contributed by atoms with Gasteiger partial charge in [-0.2, -0.15) is 0 Å². The highest BCUT2D eigenvalue weighted by Crippen LogP contribution is 2.29. The van der Waals surface area contributed by atoms with Crippen molar-refractivity contribution in [3.8, 4) is 11.5 Å². The summed E-state index contributed by atoms with van der Waals surface area (Å²) in [4.78, 5) is 12.4. The standard InChI is InChI=1S/C17H15ClO3/c1-20-15-4-3-5-16(21-2)17(15)14(19)11-8-12-6-9-13(18)10-7-12/h3-11H,1-2H3/b11-8+. The molecule has 21 heavy (non-hydrogen) atoms. The molecule has 108 valence electrons. The third kappa shape index (κ3) is 3.64. The monoisotopic (exact) mass is 302 g/mol. The van der Waals surface area contributed by atoms with Crippen LogP contribution >= 0.6 is 11.6 Å². The SMILES string of the molecule is COc1cccc(OC)c1C(=O)/C=C/c1ccc(Cl)cc1. The van der Waals surface area contributed by atoms with E-state index in [4.69, 9.17) is 21.1 Å². The molecule has 2 aromatic rings. The van der Waals surface area contributed by atoms with Gasteiger partial charge in [-0.05, 0) is 35.9 Å². The lowest BCUT2D eigenvalue weighted by Crippen LogP contribution is -2.02. The van der Waals surface area contributed by atoms with Gasteiger partial charge in [-0.1, -0.05) is 35.9 Å². The first-order valence-corrected chi connectivity index (χ1v) is 6.72. The van der Waals surface area contributed by atoms with Crippen LogP contribution in [-0.2, 0) is 0 Å². The quantitative estimate of drug-likeness (QED) is 0.612. The number of ether oxygens (including phenoxy) is 2. The third-order valence-corrected chi connectivity index (χ3v) is 3.22. The highest BCUT2D eigenvalue weighted by molar-refractivity contribution is 6.30. The van der Waals surface area contributed by atoms with Crippen LogP contribution in [0, 0.1) is 0 Å². The Bertz CT molecular complexity index is 638. The zero-order valence-electron chi connectivity index (χ0n) is 11.8. The van der Waals surface area contributed by atoms with Gasteiger partial charge in [0, 0.05) is 5.02 Å². The molecule has 0 saturated carbocycles. The minimum absolute atomic E-state index is 0.181. The summed E-state index contributed by atoms with van der Waals surface area (Å²) < 4.78 is 10.4. The number of carbonyl (C=O) groups is 1. The van der Waals surface area contributed by atoms with Crippen LogP contribution < -0.4 is 9.47 Å². The first-order valence-electron chi connectivity index (χ1n) is 6.34. The molecule has 0 fully saturated rings. The van der Waals surface area contributed by atoms with Gasteiger partial charge in [-0.25, -0.2) is 0 Å². The molecule has 0 atom stereocenters. The van der Waals surface area contributed by atoms with Crippen LogP contribution in [0.15, 0.2) is 48.5 Å². The van der Waals surface area contributed by atoms with Gasteiger partial charge in [0.15, 0.2) is 5.78 Å². The zero-order chi connectivity index (χ0) is 15.2. The molecular formula is C17H15ClO3. The molecule has 0 saturated heterocycles. The number of methoxy groups -OCH3 is 2. The molecule has 0 aliphatic carbocycles. The van der Waals surface area contributed by atoms with Gasteiger partial charge in [0.05, 0.1) is 14.2 Å². The number of benzene rings is 2. The molecule has 3 nitrogen and oxygen atoms in total. The second-order valence-corrected chi connectivity index (χ2v) is 4.72. The van der Waals surface area contributed by atoms with Crippen molar-refractivity contribution in [1.29, 1.82) is 0 Å². The molecule has 4 heteroatoms. The summed E-state index contributed by atoms with van der Waals surface area (Å²) in [5.74, 6) is 0.791. The molecule has 0 heterocycles. The van der Waals surface area contributed by atoms with Crippen LogP contribution in [0.1, 0.15) is 15.9 Å². The van der Waals surface area contributed by atoms with E-state index >= 15 is 0 Å². The van der Waals surface area contributed by atoms with Crippen LogP contribution in [0.3, 0.4) is 0 Å². The lowest BCUT2D eigenvalue weighted by molar-refractivity contribution is 0.104. The summed E-state index contributed by atoms with van der Waals surface area (Å²) >= 11 is 5.83. The number of hydrogen-bond acceptors (Lipinski definition) is 3. The maximum atomic E-state index is 12.4. The maximum absolute atomic E-state index is 12.4. The number of ketones is 1. The van der Waals surface area contributed by atoms with Crippen molar-refractivity contribution >= 4 is 23.5 Å². The van der Waals surface area contributed by atoms with Gasteiger partial charge < -0.3 is 9.47 Å². The Hall–Kier alpha value is -2.26. The molecule has 0 aliphatic heterocycles. The Morgan fingerprint density at radius 1 is 1.00 bits per heavy atom. The summed E-state index contributed by atoms with van der Waals surface area (Å²) in [5.41, 5.74) is 1.30. The Balaban J connectivity index is 2.30. The average Bonchev–Trinajstić information content (AvgIpc) is 2.53. The molecule has 0 radical (unpaired) electrons. The van der Waals surface area contributed by atoms with Crippen molar-refractivity contribution in [2.45, 2.75) is 0 Å². The summed E-state index contributed by atoms with van der Waals surface area (Å²) in [7, 11) is 3.04. The van der Waals surface area contributed by atoms with Crippen LogP contribution in [0.5, 0.6) is 11.5 Å². The predicted octanol–water partition coefficient (Wildman–Crippen LogP) is 4.25. The molecule has 0 N–H and O–H groups in total. The van der Waals surface area contributed by atoms with Gasteiger partial charge in [0.1, 0.15) is 17.1 Å². The molecule has 0 unspecified atom stereocenters. The first kappa shape index (κ1) is 15.1. The van der Waals surface area contributed by atoms with E-state index in [1.54, 1.807) is 36.4 Å². The summed E-state index contributed by atoms with van der Waals surface area (Å²) in [6.07, 6.45) is 3.22. The van der Waals surface area contributed by atoms with Gasteiger partial charge >= 0.3 is 0 Å². The smallest absolute Gasteiger partial charge is 0.193 e. The minimum atomic E-state index is -0.181. The number of halogens is 1. The Kier molecular flexibility index (Phi) is 5.01. The largest absolute Gasteiger partial charge is 0.496 e. The zero-order valence-corrected chi connectivity index (χ0v) is 12.6. The lowest BCUT2D eigenvalue weighted by Gasteiger charge is -2.10. The van der Waals surface area contributed by atoms with Gasteiger partial charge in [0.25, 0.3) is 0 Å². The molecular weight excluding hydrogens is 288 g/mol. The van der Waals surface area contributed by atoms with E-state index in [0.717, 1.165) is 5.56 Å². The maximum Gasteiger partial charge on any atom is 0.193 e. The van der Waals surface area contributed by atoms with Crippen molar-refractivity contribution in [3.05, 3.63) is 64.7 Å². The highest BCUT2D eigenvalue weighted by Gasteiger charge is 2.15. The summed E-state index contributed by atoms with van der Waals surface area (Å²) in [6, 6.07) is 12.5. The normalized spacial score (nSPS) is 10.6. The molecule has 0 aromatic heterocycles. The van der Waals surface area contributed by atoms with E-state index in [1.165, 1.54) is 20.3 Å². The van der Waals surface area contributed by atoms with Crippen molar-refractivity contribution in [2.75, 3.05) is 14.2 Å². The average molecular weight is 303 g/mol. The fraction of sp³-hybridized carbons (Fsp3) is 0.118. The summed E-state index contributed by atoms with van der Waals surface area (Å²) in [6.45, 7) is 0. The van der Waals surface area contributed by atoms with Gasteiger partial charge in [-0.15, -0.1) is 0 Å². The first-order chi connectivity index (χ1) is 10.2. The van der Waals surface area contributed by atoms with Crippen molar-refractivity contribution < 1.29 is 14.3 Å². The van der Waals surface area contributed by atoms with E-state index in [1.807, 2.05) is 12.1 Å². The van der Waals surface area contributed by atoms with E-state index in [2.05, 4.69) is 0 Å². The number of carbonyl (C=O) groups excluding carboxylic acids is 1. The number of allylic oxidation sites excluding steroid dienone is 1. The Labute approximate surface area is 128 Å². The van der Waals surface area contributed by atoms with E-state index in [9.17, 15) is 4.79 Å². The second kappa shape index (κ2) is 6.95. The van der Waals surface area contributed by atoms with E-state index in [0.29, 0.717) is 22.1 Å². The summed E-state index contributed by atoms with van der Waals surface area (Å²) in [5, 5.41) is 0.657. The van der Waals surface area contributed by atoms with Gasteiger partial charge in [-0.3, -0.25) is 4.79 Å². The molecule has 0 amide bonds. The van der Waals surface area contributed by atoms with Crippen LogP contribution in [0.25, 0.3) is 6.08 Å². The number of rotatable bonds is 5. The molecule has 0 bridgehead atoms. The van der Waals surface area contributed by atoms with Gasteiger partial charge in [0.2, 0.25) is 0 Å². The van der Waals surface area contributed by atoms with Crippen molar-refractivity contribution in [2.24, 2.45) is 0 Å². The topological polar surface area (TPSA) is 35.5 Å². The third-order valence-electron chi connectivity index (χ3n) is 2.97. The fourth-order valence-electron chi connectivity index (χ4n) is 1.92. The molecule has 2 rings (SSSR count). The highest BCUT2D eigenvalue weighted by atomic mass is 35.5. The lowest BCUT2D eigenvalue weighted by atomic mass is 10.1. The van der Waals surface area contributed by atoms with Crippen LogP contribution in [-0.4, -0.2) is 20.0 Å². The Morgan fingerprint density at radius 2 is 1.57 bits per heavy atom. The number of hydrogen-bond donors (Lipinski definition) is 0. The molecule has 0 spiro atoms. The molecule has 2 aromatic carbocycles. The fourth-order valence-corrected chi connectivity index (χ4v) is 2.05. The van der Waals surface area contributed by atoms with E-state index < -0.39 is 0 Å². The second-order valence-electron chi connectivity index (χ2n) is 4.29. The Morgan fingerprint density at radius 3 is 2.10 bits per heavy atom. The van der Waals surface area contributed by atoms with Crippen molar-refractivity contribution in [3.63, 3.8) is 0 Å². The van der Waals surface area contributed by atoms with E-state index in [-0.39, 0.29) is 5.78 Å². The van der Waals surface area contributed by atoms with Crippen LogP contribution in [0.4, 0.5) is 0 Å². The predicted molar refractivity (Wildman–Crippen MR) is 84.4 cm³/mol.